The summed E-state index contributed by atoms with van der Waals surface area (Å²) in [6, 6.07) is 0.922. The first-order valence-electron chi connectivity index (χ1n) is 6.48. The molecule has 3 heteroatoms. The van der Waals surface area contributed by atoms with Gasteiger partial charge in [-0.15, -0.1) is 0 Å². The summed E-state index contributed by atoms with van der Waals surface area (Å²) in [6.45, 7) is 4.68. The van der Waals surface area contributed by atoms with Gasteiger partial charge in [0.25, 0.3) is 0 Å². The van der Waals surface area contributed by atoms with Crippen molar-refractivity contribution in [2.75, 3.05) is 20.6 Å². The van der Waals surface area contributed by atoms with Crippen molar-refractivity contribution >= 4 is 5.91 Å². The fourth-order valence-electron chi connectivity index (χ4n) is 2.26. The van der Waals surface area contributed by atoms with E-state index in [9.17, 15) is 4.79 Å². The largest absolute Gasteiger partial charge is 0.342 e. The molecule has 0 radical (unpaired) electrons. The SMILES string of the molecule is CC(C)N(C)C(=O)CN(C)C1CCCCC1. The molecular weight excluding hydrogens is 200 g/mol. The average Bonchev–Trinajstić information content (AvgIpc) is 2.28. The quantitative estimate of drug-likeness (QED) is 0.733. The number of rotatable bonds is 4. The molecule has 0 spiro atoms. The van der Waals surface area contributed by atoms with E-state index in [1.807, 2.05) is 11.9 Å². The molecule has 1 saturated carbocycles. The summed E-state index contributed by atoms with van der Waals surface area (Å²) in [4.78, 5) is 16.0. The van der Waals surface area contributed by atoms with Gasteiger partial charge in [-0.2, -0.15) is 0 Å². The zero-order valence-electron chi connectivity index (χ0n) is 11.2. The maximum atomic E-state index is 11.9. The molecule has 0 unspecified atom stereocenters. The van der Waals surface area contributed by atoms with Gasteiger partial charge >= 0.3 is 0 Å². The molecular formula is C13H26N2O. The van der Waals surface area contributed by atoms with E-state index in [2.05, 4.69) is 25.8 Å². The Morgan fingerprint density at radius 2 is 1.75 bits per heavy atom. The third-order valence-corrected chi connectivity index (χ3v) is 3.75. The average molecular weight is 226 g/mol. The van der Waals surface area contributed by atoms with Crippen LogP contribution in [0.1, 0.15) is 46.0 Å². The second kappa shape index (κ2) is 6.24. The molecule has 0 bridgehead atoms. The minimum atomic E-state index is 0.239. The van der Waals surface area contributed by atoms with Crippen LogP contribution < -0.4 is 0 Å². The van der Waals surface area contributed by atoms with Gasteiger partial charge in [-0.1, -0.05) is 19.3 Å². The molecule has 0 aromatic rings. The molecule has 94 valence electrons. The summed E-state index contributed by atoms with van der Waals surface area (Å²) < 4.78 is 0. The molecule has 0 atom stereocenters. The molecule has 1 fully saturated rings. The van der Waals surface area contributed by atoms with Crippen LogP contribution in [-0.4, -0.2) is 48.4 Å². The van der Waals surface area contributed by atoms with E-state index in [-0.39, 0.29) is 5.91 Å². The molecule has 1 rings (SSSR count). The number of nitrogens with zero attached hydrogens (tertiary/aromatic N) is 2. The van der Waals surface area contributed by atoms with Crippen LogP contribution in [0.5, 0.6) is 0 Å². The maximum absolute atomic E-state index is 11.9. The highest BCUT2D eigenvalue weighted by molar-refractivity contribution is 5.78. The first kappa shape index (κ1) is 13.5. The molecule has 0 saturated heterocycles. The Morgan fingerprint density at radius 3 is 2.25 bits per heavy atom. The molecule has 0 heterocycles. The summed E-state index contributed by atoms with van der Waals surface area (Å²) in [5.41, 5.74) is 0. The fourth-order valence-corrected chi connectivity index (χ4v) is 2.26. The van der Waals surface area contributed by atoms with E-state index in [4.69, 9.17) is 0 Å². The van der Waals surface area contributed by atoms with Gasteiger partial charge in [0.1, 0.15) is 0 Å². The van der Waals surface area contributed by atoms with Crippen LogP contribution in [0.25, 0.3) is 0 Å². The minimum absolute atomic E-state index is 0.239. The topological polar surface area (TPSA) is 23.6 Å². The zero-order valence-corrected chi connectivity index (χ0v) is 11.2. The van der Waals surface area contributed by atoms with E-state index in [0.717, 1.165) is 0 Å². The van der Waals surface area contributed by atoms with Gasteiger partial charge < -0.3 is 4.90 Å². The standard InChI is InChI=1S/C13H26N2O/c1-11(2)15(4)13(16)10-14(3)12-8-6-5-7-9-12/h11-12H,5-10H2,1-4H3. The highest BCUT2D eigenvalue weighted by Gasteiger charge is 2.21. The van der Waals surface area contributed by atoms with Crippen LogP contribution in [0.2, 0.25) is 0 Å². The first-order chi connectivity index (χ1) is 7.52. The minimum Gasteiger partial charge on any atom is -0.342 e. The van der Waals surface area contributed by atoms with Gasteiger partial charge in [0, 0.05) is 19.1 Å². The lowest BCUT2D eigenvalue weighted by atomic mass is 9.94. The summed E-state index contributed by atoms with van der Waals surface area (Å²) >= 11 is 0. The summed E-state index contributed by atoms with van der Waals surface area (Å²) in [5, 5.41) is 0. The molecule has 0 aliphatic heterocycles. The van der Waals surface area contributed by atoms with Crippen molar-refractivity contribution in [2.45, 2.75) is 58.0 Å². The van der Waals surface area contributed by atoms with Crippen LogP contribution >= 0.6 is 0 Å². The second-order valence-electron chi connectivity index (χ2n) is 5.31. The van der Waals surface area contributed by atoms with Crippen LogP contribution in [0, 0.1) is 0 Å². The van der Waals surface area contributed by atoms with Crippen molar-refractivity contribution in [3.63, 3.8) is 0 Å². The number of carbonyl (C=O) groups excluding carboxylic acids is 1. The van der Waals surface area contributed by atoms with Crippen LogP contribution in [0.4, 0.5) is 0 Å². The van der Waals surface area contributed by atoms with Gasteiger partial charge in [-0.25, -0.2) is 0 Å². The predicted molar refractivity (Wildman–Crippen MR) is 67.4 cm³/mol. The lowest BCUT2D eigenvalue weighted by molar-refractivity contribution is -0.132. The van der Waals surface area contributed by atoms with E-state index < -0.39 is 0 Å². The lowest BCUT2D eigenvalue weighted by Crippen LogP contribution is -2.44. The number of amides is 1. The predicted octanol–water partition coefficient (Wildman–Crippen LogP) is 2.12. The third kappa shape index (κ3) is 3.78. The molecule has 0 N–H and O–H groups in total. The summed E-state index contributed by atoms with van der Waals surface area (Å²) in [6.07, 6.45) is 6.53. The number of likely N-dealkylation sites (N-methyl/N-ethyl adjacent to an activating group) is 2. The number of hydrogen-bond donors (Lipinski definition) is 0. The summed E-state index contributed by atoms with van der Waals surface area (Å²) in [7, 11) is 3.98. The van der Waals surface area contributed by atoms with Gasteiger partial charge in [0.05, 0.1) is 6.54 Å². The van der Waals surface area contributed by atoms with Crippen molar-refractivity contribution in [2.24, 2.45) is 0 Å². The first-order valence-corrected chi connectivity index (χ1v) is 6.48. The fraction of sp³-hybridized carbons (Fsp3) is 0.923. The molecule has 1 aliphatic rings. The van der Waals surface area contributed by atoms with Crippen LogP contribution in [-0.2, 0) is 4.79 Å². The molecule has 16 heavy (non-hydrogen) atoms. The Balaban J connectivity index is 2.37. The van der Waals surface area contributed by atoms with E-state index in [1.54, 1.807) is 0 Å². The van der Waals surface area contributed by atoms with Crippen molar-refractivity contribution in [1.82, 2.24) is 9.80 Å². The Morgan fingerprint density at radius 1 is 1.19 bits per heavy atom. The molecule has 1 amide bonds. The monoisotopic (exact) mass is 226 g/mol. The van der Waals surface area contributed by atoms with E-state index >= 15 is 0 Å². The van der Waals surface area contributed by atoms with Crippen molar-refractivity contribution < 1.29 is 4.79 Å². The molecule has 1 aliphatic carbocycles. The maximum Gasteiger partial charge on any atom is 0.236 e. The molecule has 0 aromatic heterocycles. The zero-order chi connectivity index (χ0) is 12.1. The van der Waals surface area contributed by atoms with Crippen LogP contribution in [0.3, 0.4) is 0 Å². The Bertz CT molecular complexity index is 222. The van der Waals surface area contributed by atoms with E-state index in [1.165, 1.54) is 32.1 Å². The molecule has 0 aromatic carbocycles. The third-order valence-electron chi connectivity index (χ3n) is 3.75. The van der Waals surface area contributed by atoms with Gasteiger partial charge in [-0.3, -0.25) is 9.69 Å². The van der Waals surface area contributed by atoms with Crippen molar-refractivity contribution in [1.29, 1.82) is 0 Å². The Kier molecular flexibility index (Phi) is 5.26. The highest BCUT2D eigenvalue weighted by atomic mass is 16.2. The van der Waals surface area contributed by atoms with Gasteiger partial charge in [0.2, 0.25) is 5.91 Å². The molecule has 3 nitrogen and oxygen atoms in total. The van der Waals surface area contributed by atoms with Crippen molar-refractivity contribution in [3.8, 4) is 0 Å². The normalized spacial score (nSPS) is 18.1. The van der Waals surface area contributed by atoms with Gasteiger partial charge in [-0.05, 0) is 33.7 Å². The second-order valence-corrected chi connectivity index (χ2v) is 5.31. The lowest BCUT2D eigenvalue weighted by Gasteiger charge is -2.32. The van der Waals surface area contributed by atoms with E-state index in [0.29, 0.717) is 18.6 Å². The Hall–Kier alpha value is -0.570. The highest BCUT2D eigenvalue weighted by Crippen LogP contribution is 2.21. The Labute approximate surface area is 99.8 Å². The summed E-state index contributed by atoms with van der Waals surface area (Å²) in [5.74, 6) is 0.239. The van der Waals surface area contributed by atoms with Crippen molar-refractivity contribution in [3.05, 3.63) is 0 Å². The smallest absolute Gasteiger partial charge is 0.236 e. The number of hydrogen-bond acceptors (Lipinski definition) is 2. The van der Waals surface area contributed by atoms with Gasteiger partial charge in [0.15, 0.2) is 0 Å². The number of carbonyl (C=O) groups is 1. The van der Waals surface area contributed by atoms with Crippen LogP contribution in [0.15, 0.2) is 0 Å².